The fraction of sp³-hybridized carbons (Fsp3) is 0.417. The van der Waals surface area contributed by atoms with Gasteiger partial charge in [-0.25, -0.2) is 4.39 Å². The van der Waals surface area contributed by atoms with Gasteiger partial charge >= 0.3 is 0 Å². The fourth-order valence-corrected chi connectivity index (χ4v) is 1.45. The van der Waals surface area contributed by atoms with E-state index in [1.165, 1.54) is 12.1 Å². The fourth-order valence-electron chi connectivity index (χ4n) is 1.45. The summed E-state index contributed by atoms with van der Waals surface area (Å²) in [5.41, 5.74) is 1.01. The second-order valence-corrected chi connectivity index (χ2v) is 3.73. The van der Waals surface area contributed by atoms with Gasteiger partial charge in [-0.3, -0.25) is 0 Å². The molecule has 0 saturated carbocycles. The van der Waals surface area contributed by atoms with Gasteiger partial charge in [-0.2, -0.15) is 5.26 Å². The molecule has 0 aliphatic rings. The van der Waals surface area contributed by atoms with Gasteiger partial charge in [0.2, 0.25) is 0 Å². The number of rotatable bonds is 4. The molecule has 1 aromatic carbocycles. The van der Waals surface area contributed by atoms with E-state index in [1.807, 2.05) is 24.9 Å². The van der Waals surface area contributed by atoms with Crippen LogP contribution in [0, 0.1) is 17.1 Å². The summed E-state index contributed by atoms with van der Waals surface area (Å²) in [6, 6.07) is 6.35. The molecule has 16 heavy (non-hydrogen) atoms. The summed E-state index contributed by atoms with van der Waals surface area (Å²) in [6.45, 7) is 2.52. The number of benzene rings is 1. The average molecular weight is 222 g/mol. The van der Waals surface area contributed by atoms with Gasteiger partial charge in [0.15, 0.2) is 0 Å². The van der Waals surface area contributed by atoms with Gasteiger partial charge in [0, 0.05) is 25.9 Å². The maximum absolute atomic E-state index is 13.2. The molecule has 0 heterocycles. The topological polar surface area (TPSA) is 36.3 Å². The van der Waals surface area contributed by atoms with Crippen LogP contribution >= 0.6 is 0 Å². The Balaban J connectivity index is 2.95. The Morgan fingerprint density at radius 3 is 2.75 bits per heavy atom. The highest BCUT2D eigenvalue weighted by Crippen LogP contribution is 2.19. The van der Waals surface area contributed by atoms with Gasteiger partial charge in [-0.1, -0.05) is 0 Å². The van der Waals surface area contributed by atoms with Crippen LogP contribution in [0.25, 0.3) is 0 Å². The summed E-state index contributed by atoms with van der Waals surface area (Å²) in [5, 5.41) is 8.75. The lowest BCUT2D eigenvalue weighted by molar-refractivity contribution is 0.183. The zero-order valence-corrected chi connectivity index (χ0v) is 9.70. The molecule has 1 aromatic rings. The van der Waals surface area contributed by atoms with E-state index in [4.69, 9.17) is 10.00 Å². The first-order chi connectivity index (χ1) is 7.58. The van der Waals surface area contributed by atoms with E-state index in [0.29, 0.717) is 17.9 Å². The molecule has 1 rings (SSSR count). The van der Waals surface area contributed by atoms with Crippen LogP contribution in [-0.4, -0.2) is 26.8 Å². The number of hydrogen-bond acceptors (Lipinski definition) is 3. The molecule has 0 aliphatic heterocycles. The first kappa shape index (κ1) is 12.5. The quantitative estimate of drug-likeness (QED) is 0.783. The smallest absolute Gasteiger partial charge is 0.126 e. The van der Waals surface area contributed by atoms with Crippen molar-refractivity contribution in [2.45, 2.75) is 13.0 Å². The van der Waals surface area contributed by atoms with E-state index < -0.39 is 5.82 Å². The number of likely N-dealkylation sites (N-methyl/N-ethyl adjacent to an activating group) is 1. The van der Waals surface area contributed by atoms with Crippen LogP contribution in [0.4, 0.5) is 10.1 Å². The van der Waals surface area contributed by atoms with Gasteiger partial charge in [0.25, 0.3) is 0 Å². The lowest BCUT2D eigenvalue weighted by Gasteiger charge is -2.26. The van der Waals surface area contributed by atoms with E-state index in [-0.39, 0.29) is 6.04 Å². The zero-order valence-electron chi connectivity index (χ0n) is 9.70. The summed E-state index contributed by atoms with van der Waals surface area (Å²) >= 11 is 0. The summed E-state index contributed by atoms with van der Waals surface area (Å²) in [7, 11) is 3.47. The molecular weight excluding hydrogens is 207 g/mol. The first-order valence-electron chi connectivity index (χ1n) is 5.01. The van der Waals surface area contributed by atoms with Crippen LogP contribution in [-0.2, 0) is 4.74 Å². The molecule has 0 bridgehead atoms. The molecule has 0 aromatic heterocycles. The van der Waals surface area contributed by atoms with E-state index in [1.54, 1.807) is 13.2 Å². The minimum atomic E-state index is -0.398. The summed E-state index contributed by atoms with van der Waals surface area (Å²) in [5.74, 6) is -0.398. The van der Waals surface area contributed by atoms with Crippen molar-refractivity contribution in [3.05, 3.63) is 29.6 Å². The Hall–Kier alpha value is -1.60. The van der Waals surface area contributed by atoms with E-state index in [2.05, 4.69) is 0 Å². The predicted molar refractivity (Wildman–Crippen MR) is 60.9 cm³/mol. The van der Waals surface area contributed by atoms with Crippen LogP contribution in [0.15, 0.2) is 18.2 Å². The molecular formula is C12H15FN2O. The maximum atomic E-state index is 13.2. The van der Waals surface area contributed by atoms with E-state index >= 15 is 0 Å². The van der Waals surface area contributed by atoms with Crippen molar-refractivity contribution < 1.29 is 9.13 Å². The number of nitrogens with zero attached hydrogens (tertiary/aromatic N) is 2. The number of ether oxygens (including phenoxy) is 1. The summed E-state index contributed by atoms with van der Waals surface area (Å²) in [6.07, 6.45) is 0. The molecule has 4 heteroatoms. The lowest BCUT2D eigenvalue weighted by atomic mass is 10.2. The van der Waals surface area contributed by atoms with Gasteiger partial charge in [0.05, 0.1) is 18.2 Å². The third kappa shape index (κ3) is 2.94. The highest BCUT2D eigenvalue weighted by Gasteiger charge is 2.11. The Kier molecular flexibility index (Phi) is 4.27. The van der Waals surface area contributed by atoms with Crippen molar-refractivity contribution in [1.82, 2.24) is 0 Å². The summed E-state index contributed by atoms with van der Waals surface area (Å²) in [4.78, 5) is 1.88. The number of hydrogen-bond donors (Lipinski definition) is 0. The average Bonchev–Trinajstić information content (AvgIpc) is 2.27. The second-order valence-electron chi connectivity index (χ2n) is 3.73. The molecule has 0 radical (unpaired) electrons. The third-order valence-corrected chi connectivity index (χ3v) is 2.49. The monoisotopic (exact) mass is 222 g/mol. The largest absolute Gasteiger partial charge is 0.383 e. The number of anilines is 1. The van der Waals surface area contributed by atoms with Crippen molar-refractivity contribution in [2.75, 3.05) is 25.7 Å². The molecule has 1 atom stereocenters. The molecule has 0 N–H and O–H groups in total. The number of nitriles is 1. The van der Waals surface area contributed by atoms with Gasteiger partial charge in [0.1, 0.15) is 5.82 Å². The molecule has 0 fully saturated rings. The second kappa shape index (κ2) is 5.47. The Morgan fingerprint density at radius 1 is 1.50 bits per heavy atom. The zero-order chi connectivity index (χ0) is 12.1. The van der Waals surface area contributed by atoms with Crippen molar-refractivity contribution in [2.24, 2.45) is 0 Å². The third-order valence-electron chi connectivity index (χ3n) is 2.49. The van der Waals surface area contributed by atoms with Crippen molar-refractivity contribution in [3.63, 3.8) is 0 Å². The number of halogens is 1. The van der Waals surface area contributed by atoms with Crippen molar-refractivity contribution >= 4 is 5.69 Å². The number of methoxy groups -OCH3 is 1. The van der Waals surface area contributed by atoms with Crippen molar-refractivity contribution in [3.8, 4) is 6.07 Å². The van der Waals surface area contributed by atoms with E-state index in [9.17, 15) is 4.39 Å². The van der Waals surface area contributed by atoms with Gasteiger partial charge in [-0.05, 0) is 25.1 Å². The van der Waals surface area contributed by atoms with Gasteiger partial charge < -0.3 is 9.64 Å². The highest BCUT2D eigenvalue weighted by atomic mass is 19.1. The van der Waals surface area contributed by atoms with Crippen LogP contribution < -0.4 is 4.90 Å². The molecule has 0 aliphatic carbocycles. The minimum Gasteiger partial charge on any atom is -0.383 e. The van der Waals surface area contributed by atoms with Crippen molar-refractivity contribution in [1.29, 1.82) is 5.26 Å². The minimum absolute atomic E-state index is 0.123. The van der Waals surface area contributed by atoms with Crippen LogP contribution in [0.5, 0.6) is 0 Å². The lowest BCUT2D eigenvalue weighted by Crippen LogP contribution is -2.32. The Bertz CT molecular complexity index is 400. The Labute approximate surface area is 95.1 Å². The molecule has 3 nitrogen and oxygen atoms in total. The molecule has 0 spiro atoms. The SMILES string of the molecule is COCC(C)N(C)c1cc(F)cc(C#N)c1. The van der Waals surface area contributed by atoms with E-state index in [0.717, 1.165) is 0 Å². The predicted octanol–water partition coefficient (Wildman–Crippen LogP) is 2.17. The normalized spacial score (nSPS) is 11.9. The summed E-state index contributed by atoms with van der Waals surface area (Å²) < 4.78 is 18.2. The van der Waals surface area contributed by atoms with Crippen LogP contribution in [0.3, 0.4) is 0 Å². The highest BCUT2D eigenvalue weighted by molar-refractivity contribution is 5.52. The Morgan fingerprint density at radius 2 is 2.19 bits per heavy atom. The van der Waals surface area contributed by atoms with Gasteiger partial charge in [-0.15, -0.1) is 0 Å². The standard InChI is InChI=1S/C12H15FN2O/c1-9(8-16-3)15(2)12-5-10(7-14)4-11(13)6-12/h4-6,9H,8H2,1-3H3. The molecule has 0 saturated heterocycles. The van der Waals surface area contributed by atoms with Crippen LogP contribution in [0.1, 0.15) is 12.5 Å². The maximum Gasteiger partial charge on any atom is 0.126 e. The molecule has 0 amide bonds. The first-order valence-corrected chi connectivity index (χ1v) is 5.01. The van der Waals surface area contributed by atoms with Crippen LogP contribution in [0.2, 0.25) is 0 Å². The molecule has 1 unspecified atom stereocenters. The molecule has 86 valence electrons.